The van der Waals surface area contributed by atoms with Gasteiger partial charge in [-0.05, 0) is 42.5 Å². The zero-order valence-electron chi connectivity index (χ0n) is 14.3. The van der Waals surface area contributed by atoms with Crippen molar-refractivity contribution < 1.29 is 19.1 Å². The third-order valence-electron chi connectivity index (χ3n) is 4.67. The summed E-state index contributed by atoms with van der Waals surface area (Å²) >= 11 is 0. The summed E-state index contributed by atoms with van der Waals surface area (Å²) in [5.41, 5.74) is 0.713. The molecule has 0 radical (unpaired) electrons. The Labute approximate surface area is 137 Å². The number of hydrogen-bond donors (Lipinski definition) is 0. The van der Waals surface area contributed by atoms with Crippen LogP contribution in [-0.4, -0.2) is 32.1 Å². The molecule has 5 nitrogen and oxygen atoms in total. The van der Waals surface area contributed by atoms with Gasteiger partial charge >= 0.3 is 5.97 Å². The van der Waals surface area contributed by atoms with Crippen LogP contribution in [0.15, 0.2) is 24.3 Å². The Morgan fingerprint density at radius 2 is 1.91 bits per heavy atom. The largest absolute Gasteiger partial charge is 0.497 e. The fourth-order valence-electron chi connectivity index (χ4n) is 3.18. The van der Waals surface area contributed by atoms with Gasteiger partial charge in [-0.15, -0.1) is 0 Å². The Kier molecular flexibility index (Phi) is 5.29. The quantitative estimate of drug-likeness (QED) is 0.756. The molecule has 1 saturated heterocycles. The molecule has 1 unspecified atom stereocenters. The van der Waals surface area contributed by atoms with Crippen LogP contribution in [0, 0.1) is 5.41 Å². The molecular formula is C18H25NO4. The molecule has 126 valence electrons. The normalized spacial score (nSPS) is 18.2. The zero-order chi connectivity index (χ0) is 17.0. The molecule has 0 aromatic heterocycles. The minimum absolute atomic E-state index is 0.0769. The van der Waals surface area contributed by atoms with Gasteiger partial charge in [0.15, 0.2) is 0 Å². The summed E-state index contributed by atoms with van der Waals surface area (Å²) in [5, 5.41) is 0. The van der Waals surface area contributed by atoms with E-state index in [2.05, 4.69) is 13.8 Å². The fraction of sp³-hybridized carbons (Fsp3) is 0.556. The van der Waals surface area contributed by atoms with Crippen molar-refractivity contribution in [1.29, 1.82) is 0 Å². The molecule has 0 aliphatic carbocycles. The first kappa shape index (κ1) is 17.3. The van der Waals surface area contributed by atoms with Crippen LogP contribution in [0.25, 0.3) is 0 Å². The molecule has 0 N–H and O–H groups in total. The van der Waals surface area contributed by atoms with Crippen LogP contribution < -0.4 is 9.64 Å². The number of benzene rings is 1. The van der Waals surface area contributed by atoms with Crippen molar-refractivity contribution in [2.75, 3.05) is 19.1 Å². The van der Waals surface area contributed by atoms with E-state index in [-0.39, 0.29) is 23.3 Å². The van der Waals surface area contributed by atoms with Gasteiger partial charge in [0.1, 0.15) is 5.75 Å². The molecule has 1 aliphatic heterocycles. The summed E-state index contributed by atoms with van der Waals surface area (Å²) in [6.45, 7) is 4.21. The van der Waals surface area contributed by atoms with Crippen molar-refractivity contribution in [3.05, 3.63) is 24.3 Å². The maximum absolute atomic E-state index is 12.4. The number of rotatable bonds is 6. The molecule has 0 saturated carbocycles. The average Bonchev–Trinajstić information content (AvgIpc) is 2.95. The fourth-order valence-corrected chi connectivity index (χ4v) is 3.18. The molecule has 0 bridgehead atoms. The summed E-state index contributed by atoms with van der Waals surface area (Å²) in [6.07, 6.45) is 2.40. The van der Waals surface area contributed by atoms with Crippen LogP contribution in [0.4, 0.5) is 5.69 Å². The lowest BCUT2D eigenvalue weighted by Gasteiger charge is -2.38. The van der Waals surface area contributed by atoms with Crippen molar-refractivity contribution in [2.24, 2.45) is 5.41 Å². The minimum atomic E-state index is -0.210. The standard InChI is InChI=1S/C18H25NO4/c1-18(2,12-11-17(21)23-4)15-9-10-16(20)19(15)13-5-7-14(22-3)8-6-13/h5-8,15H,9-12H2,1-4H3. The van der Waals surface area contributed by atoms with Gasteiger partial charge < -0.3 is 14.4 Å². The predicted octanol–water partition coefficient (Wildman–Crippen LogP) is 3.17. The molecule has 23 heavy (non-hydrogen) atoms. The highest BCUT2D eigenvalue weighted by atomic mass is 16.5. The smallest absolute Gasteiger partial charge is 0.305 e. The third-order valence-corrected chi connectivity index (χ3v) is 4.67. The molecule has 1 amide bonds. The Bertz CT molecular complexity index is 565. The van der Waals surface area contributed by atoms with Gasteiger partial charge in [-0.2, -0.15) is 0 Å². The van der Waals surface area contributed by atoms with Crippen LogP contribution in [0.5, 0.6) is 5.75 Å². The van der Waals surface area contributed by atoms with E-state index in [4.69, 9.17) is 9.47 Å². The van der Waals surface area contributed by atoms with E-state index >= 15 is 0 Å². The number of nitrogens with zero attached hydrogens (tertiary/aromatic N) is 1. The number of esters is 1. The lowest BCUT2D eigenvalue weighted by molar-refractivity contribution is -0.141. The number of methoxy groups -OCH3 is 2. The topological polar surface area (TPSA) is 55.8 Å². The van der Waals surface area contributed by atoms with E-state index in [1.165, 1.54) is 7.11 Å². The van der Waals surface area contributed by atoms with Crippen LogP contribution in [0.2, 0.25) is 0 Å². The van der Waals surface area contributed by atoms with Gasteiger partial charge in [-0.1, -0.05) is 13.8 Å². The van der Waals surface area contributed by atoms with Gasteiger partial charge in [-0.3, -0.25) is 9.59 Å². The van der Waals surface area contributed by atoms with Crippen LogP contribution in [0.1, 0.15) is 39.5 Å². The highest BCUT2D eigenvalue weighted by molar-refractivity contribution is 5.96. The van der Waals surface area contributed by atoms with E-state index in [9.17, 15) is 9.59 Å². The maximum Gasteiger partial charge on any atom is 0.305 e. The lowest BCUT2D eigenvalue weighted by atomic mass is 9.78. The van der Waals surface area contributed by atoms with E-state index in [0.29, 0.717) is 19.3 Å². The summed E-state index contributed by atoms with van der Waals surface area (Å²) in [4.78, 5) is 25.7. The second kappa shape index (κ2) is 7.02. The predicted molar refractivity (Wildman–Crippen MR) is 88.5 cm³/mol. The second-order valence-corrected chi connectivity index (χ2v) is 6.58. The molecule has 1 heterocycles. The number of ether oxygens (including phenoxy) is 2. The van der Waals surface area contributed by atoms with Crippen LogP contribution in [0.3, 0.4) is 0 Å². The van der Waals surface area contributed by atoms with Crippen molar-refractivity contribution in [2.45, 2.75) is 45.6 Å². The molecule has 1 aromatic carbocycles. The lowest BCUT2D eigenvalue weighted by Crippen LogP contribution is -2.43. The number of hydrogen-bond acceptors (Lipinski definition) is 4. The van der Waals surface area contributed by atoms with Gasteiger partial charge in [0, 0.05) is 24.6 Å². The Morgan fingerprint density at radius 1 is 1.26 bits per heavy atom. The average molecular weight is 319 g/mol. The Morgan fingerprint density at radius 3 is 2.48 bits per heavy atom. The summed E-state index contributed by atoms with van der Waals surface area (Å²) < 4.78 is 9.91. The second-order valence-electron chi connectivity index (χ2n) is 6.58. The Balaban J connectivity index is 2.19. The molecule has 1 atom stereocenters. The molecule has 1 fully saturated rings. The highest BCUT2D eigenvalue weighted by Gasteiger charge is 2.41. The van der Waals surface area contributed by atoms with E-state index < -0.39 is 0 Å². The summed E-state index contributed by atoms with van der Waals surface area (Å²) in [6, 6.07) is 7.61. The SMILES string of the molecule is COC(=O)CCC(C)(C)C1CCC(=O)N1c1ccc(OC)cc1. The number of amides is 1. The molecule has 1 aliphatic rings. The van der Waals surface area contributed by atoms with Crippen molar-refractivity contribution in [3.63, 3.8) is 0 Å². The first-order chi connectivity index (χ1) is 10.9. The van der Waals surface area contributed by atoms with E-state index in [1.807, 2.05) is 29.2 Å². The molecule has 5 heteroatoms. The minimum Gasteiger partial charge on any atom is -0.497 e. The summed E-state index contributed by atoms with van der Waals surface area (Å²) in [7, 11) is 3.02. The maximum atomic E-state index is 12.4. The van der Waals surface area contributed by atoms with Gasteiger partial charge in [0.2, 0.25) is 5.91 Å². The molecule has 2 rings (SSSR count). The van der Waals surface area contributed by atoms with Gasteiger partial charge in [-0.25, -0.2) is 0 Å². The van der Waals surface area contributed by atoms with Crippen molar-refractivity contribution in [3.8, 4) is 5.75 Å². The number of anilines is 1. The van der Waals surface area contributed by atoms with Gasteiger partial charge in [0.25, 0.3) is 0 Å². The van der Waals surface area contributed by atoms with E-state index in [0.717, 1.165) is 17.9 Å². The monoisotopic (exact) mass is 319 g/mol. The third kappa shape index (κ3) is 3.84. The van der Waals surface area contributed by atoms with Crippen molar-refractivity contribution in [1.82, 2.24) is 0 Å². The molecule has 0 spiro atoms. The van der Waals surface area contributed by atoms with Crippen molar-refractivity contribution >= 4 is 17.6 Å². The first-order valence-electron chi connectivity index (χ1n) is 7.92. The summed E-state index contributed by atoms with van der Waals surface area (Å²) in [5.74, 6) is 0.687. The van der Waals surface area contributed by atoms with E-state index in [1.54, 1.807) is 7.11 Å². The van der Waals surface area contributed by atoms with Gasteiger partial charge in [0.05, 0.1) is 14.2 Å². The van der Waals surface area contributed by atoms with Crippen LogP contribution in [-0.2, 0) is 14.3 Å². The zero-order valence-corrected chi connectivity index (χ0v) is 14.3. The Hall–Kier alpha value is -2.04. The first-order valence-corrected chi connectivity index (χ1v) is 7.92. The highest BCUT2D eigenvalue weighted by Crippen LogP contribution is 2.40. The van der Waals surface area contributed by atoms with Crippen LogP contribution >= 0.6 is 0 Å². The molecular weight excluding hydrogens is 294 g/mol. The molecule has 1 aromatic rings. The number of carbonyl (C=O) groups is 2. The number of carbonyl (C=O) groups excluding carboxylic acids is 2.